The SMILES string of the molecule is O=c1c(OC2O[C@H](CO)C(O)C(O)C2O)c(-c2ccc(O)cc2)oc2cc(O)cc(O)c12. The Labute approximate surface area is 179 Å². The van der Waals surface area contributed by atoms with Gasteiger partial charge in [-0.05, 0) is 24.3 Å². The van der Waals surface area contributed by atoms with Crippen molar-refractivity contribution in [3.05, 3.63) is 46.6 Å². The molecule has 1 aliphatic heterocycles. The van der Waals surface area contributed by atoms with Crippen molar-refractivity contribution in [2.75, 3.05) is 6.61 Å². The van der Waals surface area contributed by atoms with Crippen LogP contribution in [0.3, 0.4) is 0 Å². The molecule has 0 bridgehead atoms. The van der Waals surface area contributed by atoms with Crippen LogP contribution >= 0.6 is 0 Å². The molecule has 0 saturated carbocycles. The molecular weight excluding hydrogens is 428 g/mol. The fraction of sp³-hybridized carbons (Fsp3) is 0.286. The molecule has 4 unspecified atom stereocenters. The van der Waals surface area contributed by atoms with E-state index in [9.17, 15) is 40.5 Å². The third kappa shape index (κ3) is 3.72. The van der Waals surface area contributed by atoms with E-state index in [4.69, 9.17) is 13.9 Å². The second kappa shape index (κ2) is 8.30. The van der Waals surface area contributed by atoms with Crippen LogP contribution in [0.15, 0.2) is 45.6 Å². The second-order valence-electron chi connectivity index (χ2n) is 7.29. The van der Waals surface area contributed by atoms with E-state index in [1.807, 2.05) is 0 Å². The summed E-state index contributed by atoms with van der Waals surface area (Å²) in [5.74, 6) is -1.73. The van der Waals surface area contributed by atoms with Crippen LogP contribution in [-0.4, -0.2) is 73.1 Å². The number of hydrogen-bond donors (Lipinski definition) is 7. The fourth-order valence-electron chi connectivity index (χ4n) is 3.46. The van der Waals surface area contributed by atoms with E-state index in [0.717, 1.165) is 12.1 Å². The minimum atomic E-state index is -1.80. The summed E-state index contributed by atoms with van der Waals surface area (Å²) >= 11 is 0. The average Bonchev–Trinajstić information content (AvgIpc) is 2.75. The standard InChI is InChI=1S/C21H20O11/c22-7-13-15(26)17(28)18(29)21(31-13)32-20-16(27)14-11(25)5-10(24)6-12(14)30-19(20)8-1-3-9(23)4-2-8/h1-6,13,15,17-18,21-26,28-29H,7H2/t13-,15?,17?,18?,21?/m1/s1. The number of phenols is 3. The lowest BCUT2D eigenvalue weighted by atomic mass is 9.99. The molecule has 0 aliphatic carbocycles. The van der Waals surface area contributed by atoms with Crippen LogP contribution in [0.1, 0.15) is 0 Å². The summed E-state index contributed by atoms with van der Waals surface area (Å²) in [6, 6.07) is 7.48. The minimum absolute atomic E-state index is 0.0661. The number of hydrogen-bond acceptors (Lipinski definition) is 11. The number of benzene rings is 2. The molecule has 0 amide bonds. The summed E-state index contributed by atoms with van der Waals surface area (Å²) in [7, 11) is 0. The average molecular weight is 448 g/mol. The molecule has 32 heavy (non-hydrogen) atoms. The fourth-order valence-corrected chi connectivity index (χ4v) is 3.46. The number of phenolic OH excluding ortho intramolecular Hbond substituents is 3. The van der Waals surface area contributed by atoms with E-state index in [2.05, 4.69) is 0 Å². The zero-order chi connectivity index (χ0) is 23.2. The van der Waals surface area contributed by atoms with E-state index in [0.29, 0.717) is 0 Å². The van der Waals surface area contributed by atoms with Crippen LogP contribution < -0.4 is 10.2 Å². The minimum Gasteiger partial charge on any atom is -0.508 e. The van der Waals surface area contributed by atoms with Crippen molar-refractivity contribution >= 4 is 11.0 Å². The predicted molar refractivity (Wildman–Crippen MR) is 107 cm³/mol. The number of aliphatic hydroxyl groups is 4. The molecular formula is C21H20O11. The summed E-state index contributed by atoms with van der Waals surface area (Å²) in [5.41, 5.74) is -0.801. The highest BCUT2D eigenvalue weighted by Crippen LogP contribution is 2.37. The Hall–Kier alpha value is -3.35. The summed E-state index contributed by atoms with van der Waals surface area (Å²) in [4.78, 5) is 13.2. The first-order valence-electron chi connectivity index (χ1n) is 9.50. The predicted octanol–water partition coefficient (Wildman–Crippen LogP) is -0.244. The highest BCUT2D eigenvalue weighted by Gasteiger charge is 2.45. The maximum absolute atomic E-state index is 13.2. The van der Waals surface area contributed by atoms with Gasteiger partial charge in [-0.2, -0.15) is 0 Å². The quantitative estimate of drug-likeness (QED) is 0.279. The Balaban J connectivity index is 1.89. The van der Waals surface area contributed by atoms with Gasteiger partial charge < -0.3 is 49.6 Å². The Morgan fingerprint density at radius 3 is 2.25 bits per heavy atom. The van der Waals surface area contributed by atoms with Crippen molar-refractivity contribution in [2.24, 2.45) is 0 Å². The molecule has 1 fully saturated rings. The summed E-state index contributed by atoms with van der Waals surface area (Å²) in [6.45, 7) is -0.706. The normalized spacial score (nSPS) is 25.7. The van der Waals surface area contributed by atoms with Crippen LogP contribution in [0.5, 0.6) is 23.0 Å². The van der Waals surface area contributed by atoms with Gasteiger partial charge in [0.2, 0.25) is 17.5 Å². The third-order valence-electron chi connectivity index (χ3n) is 5.13. The third-order valence-corrected chi connectivity index (χ3v) is 5.13. The molecule has 3 aromatic rings. The molecule has 2 heterocycles. The molecule has 1 saturated heterocycles. The smallest absolute Gasteiger partial charge is 0.239 e. The number of rotatable bonds is 4. The number of aliphatic hydroxyl groups excluding tert-OH is 4. The number of ether oxygens (including phenoxy) is 2. The Morgan fingerprint density at radius 2 is 1.59 bits per heavy atom. The molecule has 2 aromatic carbocycles. The zero-order valence-corrected chi connectivity index (χ0v) is 16.3. The van der Waals surface area contributed by atoms with Crippen LogP contribution in [0.2, 0.25) is 0 Å². The highest BCUT2D eigenvalue weighted by atomic mass is 16.7. The van der Waals surface area contributed by atoms with Gasteiger partial charge in [0.25, 0.3) is 0 Å². The molecule has 5 atom stereocenters. The van der Waals surface area contributed by atoms with Crippen LogP contribution in [0.4, 0.5) is 0 Å². The highest BCUT2D eigenvalue weighted by molar-refractivity contribution is 5.88. The number of aromatic hydroxyl groups is 3. The first-order valence-corrected chi connectivity index (χ1v) is 9.50. The van der Waals surface area contributed by atoms with Gasteiger partial charge in [-0.15, -0.1) is 0 Å². The maximum Gasteiger partial charge on any atom is 0.239 e. The molecule has 170 valence electrons. The molecule has 4 rings (SSSR count). The van der Waals surface area contributed by atoms with Crippen molar-refractivity contribution < 1.29 is 49.6 Å². The largest absolute Gasteiger partial charge is 0.508 e. The molecule has 0 spiro atoms. The van der Waals surface area contributed by atoms with Gasteiger partial charge >= 0.3 is 0 Å². The molecule has 11 nitrogen and oxygen atoms in total. The second-order valence-corrected chi connectivity index (χ2v) is 7.29. The Morgan fingerprint density at radius 1 is 0.906 bits per heavy atom. The Kier molecular flexibility index (Phi) is 5.67. The van der Waals surface area contributed by atoms with Gasteiger partial charge in [-0.3, -0.25) is 4.79 Å². The van der Waals surface area contributed by atoms with Crippen molar-refractivity contribution in [1.29, 1.82) is 0 Å². The van der Waals surface area contributed by atoms with Crippen molar-refractivity contribution in [3.8, 4) is 34.3 Å². The summed E-state index contributed by atoms with van der Waals surface area (Å²) < 4.78 is 16.6. The first-order chi connectivity index (χ1) is 15.2. The summed E-state index contributed by atoms with van der Waals surface area (Å²) in [5, 5.41) is 68.8. The molecule has 1 aliphatic rings. The van der Waals surface area contributed by atoms with Gasteiger partial charge in [-0.1, -0.05) is 0 Å². The van der Waals surface area contributed by atoms with Gasteiger partial charge in [0.1, 0.15) is 52.6 Å². The lowest BCUT2D eigenvalue weighted by molar-refractivity contribution is -0.277. The molecule has 0 radical (unpaired) electrons. The van der Waals surface area contributed by atoms with Crippen LogP contribution in [-0.2, 0) is 4.74 Å². The van der Waals surface area contributed by atoms with Gasteiger partial charge in [0.15, 0.2) is 5.76 Å². The number of fused-ring (bicyclic) bond motifs is 1. The van der Waals surface area contributed by atoms with Gasteiger partial charge in [0, 0.05) is 17.7 Å². The van der Waals surface area contributed by atoms with E-state index >= 15 is 0 Å². The van der Waals surface area contributed by atoms with E-state index in [-0.39, 0.29) is 33.8 Å². The lowest BCUT2D eigenvalue weighted by Gasteiger charge is -2.39. The van der Waals surface area contributed by atoms with E-state index in [1.165, 1.54) is 24.3 Å². The molecule has 7 N–H and O–H groups in total. The van der Waals surface area contributed by atoms with Crippen molar-refractivity contribution in [1.82, 2.24) is 0 Å². The van der Waals surface area contributed by atoms with Gasteiger partial charge in [0.05, 0.1) is 6.61 Å². The van der Waals surface area contributed by atoms with Crippen molar-refractivity contribution in [3.63, 3.8) is 0 Å². The first kappa shape index (κ1) is 21.9. The monoisotopic (exact) mass is 448 g/mol. The zero-order valence-electron chi connectivity index (χ0n) is 16.3. The maximum atomic E-state index is 13.2. The van der Waals surface area contributed by atoms with Crippen LogP contribution in [0, 0.1) is 0 Å². The Bertz CT molecular complexity index is 1190. The lowest BCUT2D eigenvalue weighted by Crippen LogP contribution is -2.60. The molecule has 1 aromatic heterocycles. The van der Waals surface area contributed by atoms with E-state index in [1.54, 1.807) is 0 Å². The molecule has 11 heteroatoms. The van der Waals surface area contributed by atoms with E-state index < -0.39 is 54.2 Å². The topological polar surface area (TPSA) is 190 Å². The van der Waals surface area contributed by atoms with Crippen molar-refractivity contribution in [2.45, 2.75) is 30.7 Å². The van der Waals surface area contributed by atoms with Crippen LogP contribution in [0.25, 0.3) is 22.3 Å². The summed E-state index contributed by atoms with van der Waals surface area (Å²) in [6.07, 6.45) is -8.16. The van der Waals surface area contributed by atoms with Gasteiger partial charge in [-0.25, -0.2) is 0 Å².